The number of ether oxygens (including phenoxy) is 1. The molecule has 294 valence electrons. The standard InChI is InChI=1S/C38H56N4O3.C8H9F/c1-9-13-28(3)42(26-40(5)6)37(44)38(24-27(38)2)25-41(7)35-23-31(36(43)39-4)18-21-33(35)34(30-14-11-10-12-15-30)22-29-16-19-32(45-8)20-17-29;1-2-7-5-3-4-6-8(7)9/h16-23,27-28,30H,9-15,24-26H2,1-8H3,(H,39,43);3-6H,2H2,1H3/b34-22+;. The van der Waals surface area contributed by atoms with Gasteiger partial charge in [-0.2, -0.15) is 0 Å². The van der Waals surface area contributed by atoms with Crippen molar-refractivity contribution < 1.29 is 18.7 Å². The summed E-state index contributed by atoms with van der Waals surface area (Å²) in [4.78, 5) is 33.8. The number of amides is 2. The van der Waals surface area contributed by atoms with E-state index in [0.29, 0.717) is 30.6 Å². The number of anilines is 1. The first-order valence-electron chi connectivity index (χ1n) is 20.0. The van der Waals surface area contributed by atoms with Crippen molar-refractivity contribution in [1.29, 1.82) is 0 Å². The SMILES string of the molecule is CCCC(C)N(CN(C)C)C(=O)C1(CN(C)c2cc(C(=O)NC)ccc2/C(=C/c2ccc(OC)cc2)C2CCCCC2)CC1C.CCc1ccccc1F. The predicted octanol–water partition coefficient (Wildman–Crippen LogP) is 9.56. The van der Waals surface area contributed by atoms with Crippen molar-refractivity contribution in [2.75, 3.05) is 53.4 Å². The Hall–Kier alpha value is -4.17. The Balaban J connectivity index is 0.000000631. The number of nitrogens with one attached hydrogen (secondary N) is 1. The fourth-order valence-corrected chi connectivity index (χ4v) is 8.02. The Morgan fingerprint density at radius 2 is 1.67 bits per heavy atom. The van der Waals surface area contributed by atoms with Crippen LogP contribution in [0.2, 0.25) is 0 Å². The highest BCUT2D eigenvalue weighted by Crippen LogP contribution is 2.55. The molecular formula is C46H65FN4O3. The Labute approximate surface area is 325 Å². The maximum absolute atomic E-state index is 14.4. The molecule has 54 heavy (non-hydrogen) atoms. The molecule has 3 aromatic carbocycles. The lowest BCUT2D eigenvalue weighted by molar-refractivity contribution is -0.141. The van der Waals surface area contributed by atoms with Gasteiger partial charge in [-0.1, -0.05) is 88.9 Å². The lowest BCUT2D eigenvalue weighted by Crippen LogP contribution is -2.50. The van der Waals surface area contributed by atoms with E-state index in [0.717, 1.165) is 66.7 Å². The van der Waals surface area contributed by atoms with Crippen molar-refractivity contribution in [2.45, 2.75) is 91.5 Å². The van der Waals surface area contributed by atoms with E-state index in [1.807, 2.05) is 51.4 Å². The van der Waals surface area contributed by atoms with Gasteiger partial charge in [0.2, 0.25) is 5.91 Å². The highest BCUT2D eigenvalue weighted by molar-refractivity contribution is 5.97. The van der Waals surface area contributed by atoms with Gasteiger partial charge in [-0.3, -0.25) is 14.5 Å². The topological polar surface area (TPSA) is 65.1 Å². The first-order chi connectivity index (χ1) is 25.9. The predicted molar refractivity (Wildman–Crippen MR) is 222 cm³/mol. The molecule has 0 radical (unpaired) electrons. The third-order valence-electron chi connectivity index (χ3n) is 11.4. The van der Waals surface area contributed by atoms with Crippen LogP contribution in [0.25, 0.3) is 11.6 Å². The third-order valence-corrected chi connectivity index (χ3v) is 11.4. The lowest BCUT2D eigenvalue weighted by atomic mass is 9.79. The number of halogens is 1. The summed E-state index contributed by atoms with van der Waals surface area (Å²) < 4.78 is 18.0. The number of hydrogen-bond donors (Lipinski definition) is 1. The fourth-order valence-electron chi connectivity index (χ4n) is 8.02. The van der Waals surface area contributed by atoms with E-state index in [2.05, 4.69) is 72.1 Å². The minimum atomic E-state index is -0.447. The minimum Gasteiger partial charge on any atom is -0.497 e. The van der Waals surface area contributed by atoms with Crippen LogP contribution in [-0.2, 0) is 11.2 Å². The number of rotatable bonds is 15. The molecular weight excluding hydrogens is 676 g/mol. The van der Waals surface area contributed by atoms with Gasteiger partial charge in [0.15, 0.2) is 0 Å². The normalized spacial score (nSPS) is 19.0. The van der Waals surface area contributed by atoms with Crippen LogP contribution < -0.4 is 15.0 Å². The first-order valence-corrected chi connectivity index (χ1v) is 20.0. The number of nitrogens with zero attached hydrogens (tertiary/aromatic N) is 3. The summed E-state index contributed by atoms with van der Waals surface area (Å²) in [5, 5.41) is 2.80. The summed E-state index contributed by atoms with van der Waals surface area (Å²) in [6.45, 7) is 9.75. The molecule has 2 aliphatic carbocycles. The molecule has 0 bridgehead atoms. The zero-order chi connectivity index (χ0) is 39.4. The van der Waals surface area contributed by atoms with Crippen molar-refractivity contribution in [1.82, 2.24) is 15.1 Å². The largest absolute Gasteiger partial charge is 0.497 e. The Morgan fingerprint density at radius 3 is 2.20 bits per heavy atom. The summed E-state index contributed by atoms with van der Waals surface area (Å²) in [6.07, 6.45) is 12.0. The molecule has 3 unspecified atom stereocenters. The first kappa shape index (κ1) is 42.6. The van der Waals surface area contributed by atoms with Crippen LogP contribution in [0.5, 0.6) is 5.75 Å². The molecule has 3 atom stereocenters. The van der Waals surface area contributed by atoms with Crippen LogP contribution >= 0.6 is 0 Å². The molecule has 0 saturated heterocycles. The zero-order valence-electron chi connectivity index (χ0n) is 34.4. The number of allylic oxidation sites excluding steroid dienone is 1. The van der Waals surface area contributed by atoms with E-state index >= 15 is 0 Å². The molecule has 2 amide bonds. The average molecular weight is 741 g/mol. The highest BCUT2D eigenvalue weighted by Gasteiger charge is 2.59. The minimum absolute atomic E-state index is 0.0972. The van der Waals surface area contributed by atoms with Crippen molar-refractivity contribution in [3.8, 4) is 5.75 Å². The molecule has 0 spiro atoms. The fraction of sp³-hybridized carbons (Fsp3) is 0.522. The summed E-state index contributed by atoms with van der Waals surface area (Å²) in [7, 11) is 9.53. The molecule has 2 fully saturated rings. The van der Waals surface area contributed by atoms with Crippen molar-refractivity contribution in [3.05, 3.63) is 94.8 Å². The highest BCUT2D eigenvalue weighted by atomic mass is 19.1. The number of methoxy groups -OCH3 is 1. The van der Waals surface area contributed by atoms with Gasteiger partial charge < -0.3 is 19.9 Å². The second-order valence-corrected chi connectivity index (χ2v) is 15.7. The summed E-state index contributed by atoms with van der Waals surface area (Å²) in [6, 6.07) is 21.4. The van der Waals surface area contributed by atoms with Gasteiger partial charge in [0.1, 0.15) is 11.6 Å². The second kappa shape index (κ2) is 19.9. The van der Waals surface area contributed by atoms with Gasteiger partial charge in [-0.05, 0) is 112 Å². The van der Waals surface area contributed by atoms with E-state index in [9.17, 15) is 14.0 Å². The van der Waals surface area contributed by atoms with E-state index in [-0.39, 0.29) is 23.7 Å². The summed E-state index contributed by atoms with van der Waals surface area (Å²) in [5.41, 5.74) is 5.56. The monoisotopic (exact) mass is 741 g/mol. The number of carbonyl (C=O) groups excluding carboxylic acids is 2. The molecule has 0 heterocycles. The van der Waals surface area contributed by atoms with Crippen LogP contribution in [0.4, 0.5) is 10.1 Å². The van der Waals surface area contributed by atoms with Gasteiger partial charge >= 0.3 is 0 Å². The van der Waals surface area contributed by atoms with Crippen LogP contribution in [0.15, 0.2) is 66.7 Å². The molecule has 0 aliphatic heterocycles. The molecule has 2 saturated carbocycles. The maximum atomic E-state index is 14.4. The number of aryl methyl sites for hydroxylation is 1. The van der Waals surface area contributed by atoms with Crippen LogP contribution in [0.3, 0.4) is 0 Å². The van der Waals surface area contributed by atoms with Gasteiger partial charge in [0.05, 0.1) is 19.2 Å². The average Bonchev–Trinajstić information content (AvgIpc) is 3.84. The quantitative estimate of drug-likeness (QED) is 0.124. The van der Waals surface area contributed by atoms with Crippen LogP contribution in [0.1, 0.15) is 106 Å². The smallest absolute Gasteiger partial charge is 0.251 e. The second-order valence-electron chi connectivity index (χ2n) is 15.7. The van der Waals surface area contributed by atoms with Gasteiger partial charge in [0.25, 0.3) is 5.91 Å². The molecule has 5 rings (SSSR count). The number of benzene rings is 3. The van der Waals surface area contributed by atoms with Gasteiger partial charge in [0, 0.05) is 43.5 Å². The van der Waals surface area contributed by atoms with E-state index in [4.69, 9.17) is 4.74 Å². The van der Waals surface area contributed by atoms with Gasteiger partial charge in [-0.25, -0.2) is 4.39 Å². The molecule has 7 nitrogen and oxygen atoms in total. The maximum Gasteiger partial charge on any atom is 0.251 e. The molecule has 0 aromatic heterocycles. The Morgan fingerprint density at radius 1 is 1.00 bits per heavy atom. The third kappa shape index (κ3) is 10.7. The van der Waals surface area contributed by atoms with Crippen LogP contribution in [0, 0.1) is 23.1 Å². The van der Waals surface area contributed by atoms with Crippen molar-refractivity contribution in [3.63, 3.8) is 0 Å². The summed E-state index contributed by atoms with van der Waals surface area (Å²) in [5.74, 6) is 1.61. The molecule has 8 heteroatoms. The van der Waals surface area contributed by atoms with E-state index < -0.39 is 5.41 Å². The van der Waals surface area contributed by atoms with Crippen molar-refractivity contribution in [2.24, 2.45) is 17.3 Å². The summed E-state index contributed by atoms with van der Waals surface area (Å²) >= 11 is 0. The van der Waals surface area contributed by atoms with Crippen LogP contribution in [-0.4, -0.2) is 76.2 Å². The van der Waals surface area contributed by atoms with Crippen molar-refractivity contribution >= 4 is 29.2 Å². The zero-order valence-corrected chi connectivity index (χ0v) is 34.4. The van der Waals surface area contributed by atoms with Gasteiger partial charge in [-0.15, -0.1) is 0 Å². The number of hydrogen-bond acceptors (Lipinski definition) is 5. The molecule has 2 aliphatic rings. The Kier molecular flexibility index (Phi) is 15.7. The molecule has 3 aromatic rings. The van der Waals surface area contributed by atoms with E-state index in [1.54, 1.807) is 26.3 Å². The Bertz CT molecular complexity index is 1700. The molecule has 1 N–H and O–H groups in total. The lowest BCUT2D eigenvalue weighted by Gasteiger charge is -2.37. The number of carbonyl (C=O) groups is 2. The van der Waals surface area contributed by atoms with E-state index in [1.165, 1.54) is 30.9 Å².